The molecule has 0 amide bonds. The Labute approximate surface area is 835 Å². The highest BCUT2D eigenvalue weighted by Crippen LogP contribution is 2.43. The number of cyclic esters (lactones) is 6. The van der Waals surface area contributed by atoms with Crippen LogP contribution in [-0.4, -0.2) is 156 Å². The number of aromatic hydroxyl groups is 1. The molecule has 8 aliphatic rings. The first-order valence-electron chi connectivity index (χ1n) is 48.9. The van der Waals surface area contributed by atoms with Crippen LogP contribution in [0.3, 0.4) is 0 Å². The predicted octanol–water partition coefficient (Wildman–Crippen LogP) is 19.4. The van der Waals surface area contributed by atoms with Gasteiger partial charge in [-0.2, -0.15) is 0 Å². The minimum absolute atomic E-state index is 0.136. The number of carboxylic acid groups (broad SMARTS) is 2. The van der Waals surface area contributed by atoms with Gasteiger partial charge in [0.15, 0.2) is 0 Å². The van der Waals surface area contributed by atoms with Gasteiger partial charge in [-0.25, -0.2) is 14.4 Å². The molecule has 6 aromatic carbocycles. The smallest absolute Gasteiger partial charge is 0.330 e. The van der Waals surface area contributed by atoms with Crippen molar-refractivity contribution < 1.29 is 139 Å². The summed E-state index contributed by atoms with van der Waals surface area (Å²) in [6.45, 7) is 28.8. The van der Waals surface area contributed by atoms with Gasteiger partial charge in [-0.3, -0.25) is 47.9 Å². The topological polar surface area (TPSA) is 403 Å². The number of hydrogen-bond donors (Lipinski definition) is 3. The highest BCUT2D eigenvalue weighted by atomic mass is 16.6. The summed E-state index contributed by atoms with van der Waals surface area (Å²) in [6.07, 6.45) is 28.7. The summed E-state index contributed by atoms with van der Waals surface area (Å²) in [5.74, 6) is -5.78. The van der Waals surface area contributed by atoms with E-state index in [2.05, 4.69) is 122 Å². The number of allylic oxidation sites excluding steroid dienone is 10. The lowest BCUT2D eigenvalue weighted by Crippen LogP contribution is -2.35. The van der Waals surface area contributed by atoms with Crippen LogP contribution in [0.2, 0.25) is 0 Å². The molecule has 6 aromatic rings. The fraction of sp³-hybridized carbons (Fsp3) is 0.430. The number of carbonyl (C=O) groups is 13. The molecule has 143 heavy (non-hydrogen) atoms. The molecule has 762 valence electrons. The second-order valence-corrected chi connectivity index (χ2v) is 37.5. The highest BCUT2D eigenvalue weighted by Gasteiger charge is 2.47. The molecule has 14 rings (SSSR count). The molecule has 3 aliphatic heterocycles. The molecule has 0 aromatic heterocycles. The van der Waals surface area contributed by atoms with Crippen LogP contribution in [0.5, 0.6) is 34.5 Å². The minimum atomic E-state index is -0.995. The molecule has 5 aliphatic carbocycles. The number of benzene rings is 6. The quantitative estimate of drug-likeness (QED) is 0.0105. The Balaban J connectivity index is 0.000000221. The van der Waals surface area contributed by atoms with Crippen LogP contribution in [0.4, 0.5) is 0 Å². The number of rotatable bonds is 41. The zero-order valence-corrected chi connectivity index (χ0v) is 82.5. The van der Waals surface area contributed by atoms with E-state index >= 15 is 0 Å². The average Bonchev–Trinajstić information content (AvgIpc) is 1.77. The van der Waals surface area contributed by atoms with Crippen LogP contribution in [0.25, 0.3) is 0 Å². The van der Waals surface area contributed by atoms with Gasteiger partial charge in [-0.15, -0.1) is 0 Å². The summed E-state index contributed by atoms with van der Waals surface area (Å²) in [7, 11) is 0. The van der Waals surface area contributed by atoms with Crippen molar-refractivity contribution in [1.82, 2.24) is 0 Å². The molecular weight excluding hydrogens is 1830 g/mol. The van der Waals surface area contributed by atoms with Crippen LogP contribution in [-0.2, 0) is 100 Å². The molecule has 29 heteroatoms. The second-order valence-electron chi connectivity index (χ2n) is 37.5. The fourth-order valence-electron chi connectivity index (χ4n) is 18.1. The molecule has 0 radical (unpaired) electrons. The van der Waals surface area contributed by atoms with Crippen LogP contribution >= 0.6 is 0 Å². The Morgan fingerprint density at radius 1 is 0.287 bits per heavy atom. The van der Waals surface area contributed by atoms with E-state index in [-0.39, 0.29) is 146 Å². The van der Waals surface area contributed by atoms with Gasteiger partial charge in [0, 0.05) is 18.2 Å². The first-order chi connectivity index (χ1) is 68.5. The molecule has 29 nitrogen and oxygen atoms in total. The van der Waals surface area contributed by atoms with Crippen LogP contribution in [0.1, 0.15) is 221 Å². The summed E-state index contributed by atoms with van der Waals surface area (Å²) < 4.78 is 69.7. The Hall–Kier alpha value is -14.3. The van der Waals surface area contributed by atoms with E-state index in [9.17, 15) is 77.6 Å². The first kappa shape index (κ1) is 111. The lowest BCUT2D eigenvalue weighted by Gasteiger charge is -2.26. The van der Waals surface area contributed by atoms with Crippen molar-refractivity contribution in [2.75, 3.05) is 33.0 Å². The minimum Gasteiger partial charge on any atom is -0.508 e. The maximum Gasteiger partial charge on any atom is 0.330 e. The molecule has 0 bridgehead atoms. The molecule has 21 atom stereocenters. The summed E-state index contributed by atoms with van der Waals surface area (Å²) in [6, 6.07) is 47.4. The molecule has 3 N–H and O–H groups in total. The lowest BCUT2D eigenvalue weighted by atomic mass is 9.79. The summed E-state index contributed by atoms with van der Waals surface area (Å²) in [4.78, 5) is 149. The highest BCUT2D eigenvalue weighted by molar-refractivity contribution is 5.98. The van der Waals surface area contributed by atoms with E-state index in [1.165, 1.54) is 22.3 Å². The Bertz CT molecular complexity index is 5300. The number of esters is 11. The molecule has 3 saturated heterocycles. The van der Waals surface area contributed by atoms with E-state index in [0.29, 0.717) is 93.0 Å². The Morgan fingerprint density at radius 2 is 0.476 bits per heavy atom. The van der Waals surface area contributed by atoms with Gasteiger partial charge in [0.25, 0.3) is 0 Å². The van der Waals surface area contributed by atoms with Gasteiger partial charge in [0.05, 0.1) is 59.2 Å². The van der Waals surface area contributed by atoms with Crippen molar-refractivity contribution in [1.29, 1.82) is 0 Å². The number of ether oxygens (including phenoxy) is 13. The third-order valence-electron chi connectivity index (χ3n) is 26.4. The van der Waals surface area contributed by atoms with E-state index in [1.807, 2.05) is 121 Å². The number of phenolic OH excluding ortho intramolecular Hbond substituents is 1. The first-order valence-corrected chi connectivity index (χ1v) is 48.9. The number of fused-ring (bicyclic) bond motifs is 3. The standard InChI is InChI=1S/C48H58O11.C42H50O9.3C8H8O3/c1-8-45(49)57-33(5)28-54-40-20-14-36(15-21-40)31(3)26-39(38-18-24-42(25-19-38)55-29-34(6)58-46(50)9-2)27-32(4)37-16-22-41(23-17-37)56-30-35(7)59-48(53)44-13-11-10-12-43(44)47(51)52;1-6-40(44)50-29(4)25-48-36-19-13-32(14-20-36)28(3)24-34(23-27(2)31-11-17-35(43)18-12-31)33-15-21-37(22-16-33)49-26-30(5)51-42(47)39-10-8-7-9-38(39)41(45)46;3*9-7-5-3-1-2-4-6(5)8(10)11-7/h8-11,14-25,31-35,39,43-44H,1-2,12-13,26-30H2,3-7H3,(H,51,52);6-8,11-22,27-30,34,38-39,43H,1,9-10,23-26H2,2-5H3,(H,45,46);3*1-2,5-6H,3-4H2. The lowest BCUT2D eigenvalue weighted by molar-refractivity contribution is -0.162. The van der Waals surface area contributed by atoms with Gasteiger partial charge in [-0.05, 0) is 266 Å². The van der Waals surface area contributed by atoms with Crippen molar-refractivity contribution >= 4 is 77.6 Å². The molecule has 3 heterocycles. The summed E-state index contributed by atoms with van der Waals surface area (Å²) in [5, 5.41) is 28.8. The van der Waals surface area contributed by atoms with E-state index in [0.717, 1.165) is 55.0 Å². The number of carbonyl (C=O) groups excluding carboxylic acids is 11. The van der Waals surface area contributed by atoms with E-state index < -0.39 is 96.0 Å². The molecular formula is C114H132O29. The number of aliphatic carboxylic acids is 2. The second kappa shape index (κ2) is 55.2. The fourth-order valence-corrected chi connectivity index (χ4v) is 18.1. The number of phenols is 1. The van der Waals surface area contributed by atoms with Crippen molar-refractivity contribution in [3.8, 4) is 34.5 Å². The largest absolute Gasteiger partial charge is 0.508 e. The Morgan fingerprint density at radius 3 is 0.685 bits per heavy atom. The maximum atomic E-state index is 12.8. The monoisotopic (exact) mass is 1960 g/mol. The van der Waals surface area contributed by atoms with Crippen LogP contribution in [0, 0.1) is 59.2 Å². The predicted molar refractivity (Wildman–Crippen MR) is 529 cm³/mol. The van der Waals surface area contributed by atoms with E-state index in [4.69, 9.17) is 47.4 Å². The zero-order valence-electron chi connectivity index (χ0n) is 82.5. The van der Waals surface area contributed by atoms with Crippen molar-refractivity contribution in [2.45, 2.75) is 218 Å². The third kappa shape index (κ3) is 34.0. The summed E-state index contributed by atoms with van der Waals surface area (Å²) in [5.41, 5.74) is 7.00. The molecule has 0 saturated carbocycles. The van der Waals surface area contributed by atoms with Crippen LogP contribution < -0.4 is 23.7 Å². The van der Waals surface area contributed by atoms with Gasteiger partial charge in [0.2, 0.25) is 0 Å². The SMILES string of the molecule is C=CC(=O)OC(C)COc1ccc(C(C)CC(CC(C)c2ccc(O)cc2)c2ccc(OCC(C)OC(=O)C3CC=CCC3C(=O)O)cc2)cc1.C=CC(=O)OC(C)COc1ccc(C(C)CC(CC(C)c2ccc(OCC(C)OC(=O)C3CC=CCC3C(=O)O)cc2)c2ccc(OCC(C)OC(=O)C=C)cc2)cc1.O=C1OC(=O)C2CC=CCC12.O=C1OC(=O)C2CC=CCC12.O=C1OC(=O)C2CC=CCC12. The normalized spacial score (nSPS) is 22.0. The van der Waals surface area contributed by atoms with Crippen LogP contribution in [0.15, 0.2) is 244 Å². The van der Waals surface area contributed by atoms with Gasteiger partial charge >= 0.3 is 77.6 Å². The zero-order chi connectivity index (χ0) is 103. The van der Waals surface area contributed by atoms with Crippen molar-refractivity contribution in [2.24, 2.45) is 59.2 Å². The number of carboxylic acids is 2. The van der Waals surface area contributed by atoms with Gasteiger partial charge < -0.3 is 76.9 Å². The molecule has 3 fully saturated rings. The molecule has 0 spiro atoms. The Kier molecular flexibility index (Phi) is 42.8. The average molecular weight is 1970 g/mol. The van der Waals surface area contributed by atoms with Gasteiger partial charge in [-0.1, -0.05) is 181 Å². The van der Waals surface area contributed by atoms with Gasteiger partial charge in [0.1, 0.15) is 98.1 Å². The van der Waals surface area contributed by atoms with Crippen molar-refractivity contribution in [3.05, 3.63) is 278 Å². The number of hydrogen-bond acceptors (Lipinski definition) is 27. The third-order valence-corrected chi connectivity index (χ3v) is 26.4. The maximum absolute atomic E-state index is 12.8. The summed E-state index contributed by atoms with van der Waals surface area (Å²) >= 11 is 0. The molecule has 21 unspecified atom stereocenters. The van der Waals surface area contributed by atoms with Crippen molar-refractivity contribution in [3.63, 3.8) is 0 Å². The van der Waals surface area contributed by atoms with E-state index in [1.54, 1.807) is 58.9 Å².